The fourth-order valence-corrected chi connectivity index (χ4v) is 4.12. The molecule has 2 heterocycles. The number of fused-ring (bicyclic) bond motifs is 1. The van der Waals surface area contributed by atoms with Gasteiger partial charge in [-0.1, -0.05) is 54.6 Å². The Morgan fingerprint density at radius 3 is 2.35 bits per heavy atom. The minimum Gasteiger partial charge on any atom is -0.277 e. The summed E-state index contributed by atoms with van der Waals surface area (Å²) in [6.07, 6.45) is 3.57. The first-order chi connectivity index (χ1) is 16.5. The van der Waals surface area contributed by atoms with Crippen molar-refractivity contribution in [3.05, 3.63) is 101 Å². The second-order valence-electron chi connectivity index (χ2n) is 8.11. The van der Waals surface area contributed by atoms with E-state index in [-0.39, 0.29) is 5.57 Å². The topological polar surface area (TPSA) is 79.0 Å². The van der Waals surface area contributed by atoms with Gasteiger partial charge in [0.15, 0.2) is 0 Å². The van der Waals surface area contributed by atoms with E-state index >= 15 is 0 Å². The Labute approximate surface area is 196 Å². The van der Waals surface area contributed by atoms with Gasteiger partial charge < -0.3 is 0 Å². The predicted molar refractivity (Wildman–Crippen MR) is 131 cm³/mol. The Morgan fingerprint density at radius 2 is 1.62 bits per heavy atom. The van der Waals surface area contributed by atoms with Crippen LogP contribution in [0, 0.1) is 11.3 Å². The number of amides is 2. The molecule has 5 rings (SSSR count). The van der Waals surface area contributed by atoms with Crippen LogP contribution in [0.2, 0.25) is 0 Å². The molecular formula is C28H20N4O2. The number of likely N-dealkylation sites (N-methyl/N-ethyl adjacent to an activating group) is 1. The normalized spacial score (nSPS) is 15.3. The van der Waals surface area contributed by atoms with Crippen LogP contribution in [0.1, 0.15) is 12.5 Å². The third-order valence-electron chi connectivity index (χ3n) is 6.03. The molecule has 1 aliphatic heterocycles. The van der Waals surface area contributed by atoms with Crippen molar-refractivity contribution in [1.82, 2.24) is 14.7 Å². The van der Waals surface area contributed by atoms with Crippen LogP contribution >= 0.6 is 0 Å². The van der Waals surface area contributed by atoms with Crippen molar-refractivity contribution in [3.8, 4) is 23.0 Å². The zero-order chi connectivity index (χ0) is 23.8. The van der Waals surface area contributed by atoms with Crippen LogP contribution in [-0.2, 0) is 9.59 Å². The van der Waals surface area contributed by atoms with E-state index in [0.29, 0.717) is 22.4 Å². The lowest BCUT2D eigenvalue weighted by Gasteiger charge is -2.23. The smallest absolute Gasteiger partial charge is 0.271 e. The van der Waals surface area contributed by atoms with Crippen LogP contribution in [0.5, 0.6) is 0 Å². The van der Waals surface area contributed by atoms with Gasteiger partial charge in [-0.25, -0.2) is 4.68 Å². The van der Waals surface area contributed by atoms with Gasteiger partial charge in [0.1, 0.15) is 11.6 Å². The number of nitriles is 1. The second-order valence-corrected chi connectivity index (χ2v) is 8.11. The standard InChI is InChI=1S/C28H20N4O2/c1-18-24(27(33)31(2)28(34)25(18)16-29)15-22-17-32(23-10-4-3-5-11-23)30-26(22)21-13-12-19-8-6-7-9-20(19)14-21/h3-15,17H,1-2H3/b24-15+. The summed E-state index contributed by atoms with van der Waals surface area (Å²) >= 11 is 0. The van der Waals surface area contributed by atoms with Gasteiger partial charge in [0.2, 0.25) is 0 Å². The Hall–Kier alpha value is -4.76. The highest BCUT2D eigenvalue weighted by atomic mass is 16.2. The number of carbonyl (C=O) groups is 2. The van der Waals surface area contributed by atoms with Crippen LogP contribution in [0.3, 0.4) is 0 Å². The fourth-order valence-electron chi connectivity index (χ4n) is 4.12. The number of hydrogen-bond acceptors (Lipinski definition) is 4. The first kappa shape index (κ1) is 21.1. The lowest BCUT2D eigenvalue weighted by Crippen LogP contribution is -2.39. The molecule has 4 aromatic rings. The van der Waals surface area contributed by atoms with Gasteiger partial charge >= 0.3 is 0 Å². The van der Waals surface area contributed by atoms with Crippen LogP contribution < -0.4 is 0 Å². The van der Waals surface area contributed by atoms with Crippen molar-refractivity contribution in [3.63, 3.8) is 0 Å². The first-order valence-corrected chi connectivity index (χ1v) is 10.8. The largest absolute Gasteiger partial charge is 0.277 e. The molecule has 6 heteroatoms. The maximum Gasteiger partial charge on any atom is 0.271 e. The number of aromatic nitrogens is 2. The summed E-state index contributed by atoms with van der Waals surface area (Å²) in [6.45, 7) is 1.63. The van der Waals surface area contributed by atoms with Crippen molar-refractivity contribution in [2.45, 2.75) is 6.92 Å². The molecule has 1 aliphatic rings. The minimum absolute atomic E-state index is 0.0314. The van der Waals surface area contributed by atoms with Crippen LogP contribution in [-0.4, -0.2) is 33.5 Å². The molecule has 34 heavy (non-hydrogen) atoms. The zero-order valence-corrected chi connectivity index (χ0v) is 18.7. The number of imide groups is 1. The van der Waals surface area contributed by atoms with Crippen molar-refractivity contribution in [2.24, 2.45) is 0 Å². The summed E-state index contributed by atoms with van der Waals surface area (Å²) in [6, 6.07) is 25.8. The highest BCUT2D eigenvalue weighted by Crippen LogP contribution is 2.32. The molecule has 0 radical (unpaired) electrons. The zero-order valence-electron chi connectivity index (χ0n) is 18.7. The molecule has 0 atom stereocenters. The summed E-state index contributed by atoms with van der Waals surface area (Å²) in [5.74, 6) is -1.03. The van der Waals surface area contributed by atoms with E-state index in [4.69, 9.17) is 5.10 Å². The molecule has 0 saturated carbocycles. The summed E-state index contributed by atoms with van der Waals surface area (Å²) in [7, 11) is 1.39. The molecule has 0 aliphatic carbocycles. The average Bonchev–Trinajstić information content (AvgIpc) is 3.30. The van der Waals surface area contributed by atoms with Gasteiger partial charge in [-0.05, 0) is 47.5 Å². The Bertz CT molecular complexity index is 1570. The van der Waals surface area contributed by atoms with E-state index < -0.39 is 11.8 Å². The second kappa shape index (κ2) is 8.30. The summed E-state index contributed by atoms with van der Waals surface area (Å²) in [4.78, 5) is 26.3. The third kappa shape index (κ3) is 3.50. The quantitative estimate of drug-likeness (QED) is 0.332. The van der Waals surface area contributed by atoms with E-state index in [2.05, 4.69) is 12.1 Å². The lowest BCUT2D eigenvalue weighted by molar-refractivity contribution is -0.138. The number of benzene rings is 3. The maximum atomic E-state index is 13.0. The summed E-state index contributed by atoms with van der Waals surface area (Å²) < 4.78 is 1.77. The van der Waals surface area contributed by atoms with Crippen LogP contribution in [0.25, 0.3) is 33.8 Å². The Kier molecular flexibility index (Phi) is 5.15. The molecule has 0 N–H and O–H groups in total. The predicted octanol–water partition coefficient (Wildman–Crippen LogP) is 4.91. The molecule has 0 unspecified atom stereocenters. The summed E-state index contributed by atoms with van der Waals surface area (Å²) in [5.41, 5.74) is 3.82. The van der Waals surface area contributed by atoms with Gasteiger partial charge in [-0.3, -0.25) is 14.5 Å². The van der Waals surface area contributed by atoms with Gasteiger partial charge in [-0.15, -0.1) is 0 Å². The fraction of sp³-hybridized carbons (Fsp3) is 0.0714. The Morgan fingerprint density at radius 1 is 0.912 bits per heavy atom. The van der Waals surface area contributed by atoms with Crippen molar-refractivity contribution in [2.75, 3.05) is 7.05 Å². The summed E-state index contributed by atoms with van der Waals surface area (Å²) in [5, 5.41) is 16.5. The number of para-hydroxylation sites is 1. The lowest BCUT2D eigenvalue weighted by atomic mass is 9.93. The first-order valence-electron chi connectivity index (χ1n) is 10.8. The highest BCUT2D eigenvalue weighted by molar-refractivity contribution is 6.19. The number of carbonyl (C=O) groups excluding carboxylic acids is 2. The van der Waals surface area contributed by atoms with Crippen molar-refractivity contribution >= 4 is 28.7 Å². The Balaban J connectivity index is 1.73. The third-order valence-corrected chi connectivity index (χ3v) is 6.03. The van der Waals surface area contributed by atoms with E-state index in [1.807, 2.05) is 72.9 Å². The van der Waals surface area contributed by atoms with E-state index in [1.54, 1.807) is 17.7 Å². The molecule has 3 aromatic carbocycles. The molecule has 1 aromatic heterocycles. The van der Waals surface area contributed by atoms with E-state index in [0.717, 1.165) is 26.9 Å². The molecular weight excluding hydrogens is 424 g/mol. The van der Waals surface area contributed by atoms with Crippen molar-refractivity contribution < 1.29 is 9.59 Å². The number of rotatable bonds is 3. The SMILES string of the molecule is CC1=C(C#N)C(=O)N(C)C(=O)/C1=C/c1cn(-c2ccccc2)nc1-c1ccc2ccccc2c1. The van der Waals surface area contributed by atoms with Crippen LogP contribution in [0.4, 0.5) is 0 Å². The average molecular weight is 444 g/mol. The molecule has 0 fully saturated rings. The number of hydrogen-bond donors (Lipinski definition) is 0. The molecule has 2 amide bonds. The van der Waals surface area contributed by atoms with Crippen molar-refractivity contribution in [1.29, 1.82) is 5.26 Å². The maximum absolute atomic E-state index is 13.0. The number of nitrogens with zero attached hydrogens (tertiary/aromatic N) is 4. The molecule has 0 spiro atoms. The van der Waals surface area contributed by atoms with Gasteiger partial charge in [-0.2, -0.15) is 10.4 Å². The minimum atomic E-state index is -0.586. The van der Waals surface area contributed by atoms with Crippen LogP contribution in [0.15, 0.2) is 95.7 Å². The molecule has 0 bridgehead atoms. The van der Waals surface area contributed by atoms with E-state index in [1.165, 1.54) is 7.05 Å². The molecule has 164 valence electrons. The molecule has 0 saturated heterocycles. The van der Waals surface area contributed by atoms with Gasteiger partial charge in [0.05, 0.1) is 11.4 Å². The van der Waals surface area contributed by atoms with Gasteiger partial charge in [0, 0.05) is 29.9 Å². The highest BCUT2D eigenvalue weighted by Gasteiger charge is 2.33. The monoisotopic (exact) mass is 444 g/mol. The molecule has 6 nitrogen and oxygen atoms in total. The van der Waals surface area contributed by atoms with E-state index in [9.17, 15) is 14.9 Å². The van der Waals surface area contributed by atoms with Gasteiger partial charge in [0.25, 0.3) is 11.8 Å².